The van der Waals surface area contributed by atoms with Crippen LogP contribution in [0.5, 0.6) is 0 Å². The van der Waals surface area contributed by atoms with Crippen LogP contribution in [-0.2, 0) is 7.05 Å². The minimum Gasteiger partial charge on any atom is -0.333 e. The largest absolute Gasteiger partial charge is 0.333 e. The average Bonchev–Trinajstić information content (AvgIpc) is 2.60. The zero-order chi connectivity index (χ0) is 11.7. The van der Waals surface area contributed by atoms with Crippen LogP contribution in [-0.4, -0.2) is 9.55 Å². The lowest BCUT2D eigenvalue weighted by Gasteiger charge is -2.06. The van der Waals surface area contributed by atoms with E-state index in [4.69, 9.17) is 5.26 Å². The van der Waals surface area contributed by atoms with Gasteiger partial charge in [-0.25, -0.2) is 4.98 Å². The van der Waals surface area contributed by atoms with E-state index in [-0.39, 0.29) is 0 Å². The highest BCUT2D eigenvalue weighted by Crippen LogP contribution is 2.22. The Bertz CT molecular complexity index is 573. The van der Waals surface area contributed by atoms with Gasteiger partial charge in [0.2, 0.25) is 0 Å². The second kappa shape index (κ2) is 3.82. The van der Waals surface area contributed by atoms with Gasteiger partial charge < -0.3 is 4.57 Å². The third-order valence-electron chi connectivity index (χ3n) is 2.61. The average molecular weight is 211 g/mol. The van der Waals surface area contributed by atoms with Gasteiger partial charge in [-0.15, -0.1) is 0 Å². The second-order valence-corrected chi connectivity index (χ2v) is 3.99. The Morgan fingerprint density at radius 1 is 1.31 bits per heavy atom. The van der Waals surface area contributed by atoms with Crippen LogP contribution in [0.2, 0.25) is 0 Å². The maximum Gasteiger partial charge on any atom is 0.159 e. The van der Waals surface area contributed by atoms with E-state index in [0.29, 0.717) is 5.69 Å². The molecule has 0 saturated heterocycles. The van der Waals surface area contributed by atoms with Crippen molar-refractivity contribution in [3.63, 3.8) is 0 Å². The molecule has 0 fully saturated rings. The van der Waals surface area contributed by atoms with Crippen molar-refractivity contribution in [3.05, 3.63) is 41.2 Å². The van der Waals surface area contributed by atoms with E-state index >= 15 is 0 Å². The molecule has 0 aliphatic heterocycles. The number of aromatic nitrogens is 2. The summed E-state index contributed by atoms with van der Waals surface area (Å²) in [6.07, 6.45) is 1.74. The molecule has 2 rings (SSSR count). The number of nitriles is 1. The van der Waals surface area contributed by atoms with Crippen molar-refractivity contribution >= 4 is 0 Å². The molecule has 16 heavy (non-hydrogen) atoms. The maximum absolute atomic E-state index is 8.81. The fourth-order valence-corrected chi connectivity index (χ4v) is 1.83. The van der Waals surface area contributed by atoms with E-state index < -0.39 is 0 Å². The zero-order valence-corrected chi connectivity index (χ0v) is 9.65. The Balaban J connectivity index is 2.59. The summed E-state index contributed by atoms with van der Waals surface area (Å²) in [5, 5.41) is 8.81. The smallest absolute Gasteiger partial charge is 0.159 e. The van der Waals surface area contributed by atoms with E-state index in [1.54, 1.807) is 6.20 Å². The van der Waals surface area contributed by atoms with Crippen molar-refractivity contribution in [2.75, 3.05) is 0 Å². The summed E-state index contributed by atoms with van der Waals surface area (Å²) < 4.78 is 1.89. The van der Waals surface area contributed by atoms with Gasteiger partial charge in [0.25, 0.3) is 0 Å². The molecule has 0 unspecified atom stereocenters. The summed E-state index contributed by atoms with van der Waals surface area (Å²) in [5.41, 5.74) is 3.95. The third kappa shape index (κ3) is 1.70. The van der Waals surface area contributed by atoms with Crippen molar-refractivity contribution < 1.29 is 0 Å². The molecule has 0 aliphatic carbocycles. The van der Waals surface area contributed by atoms with Gasteiger partial charge in [0, 0.05) is 18.8 Å². The monoisotopic (exact) mass is 211 g/mol. The molecular weight excluding hydrogens is 198 g/mol. The molecule has 0 N–H and O–H groups in total. The first-order chi connectivity index (χ1) is 7.61. The van der Waals surface area contributed by atoms with Crippen molar-refractivity contribution in [2.45, 2.75) is 13.8 Å². The van der Waals surface area contributed by atoms with E-state index in [0.717, 1.165) is 11.4 Å². The molecule has 1 aromatic heterocycles. The summed E-state index contributed by atoms with van der Waals surface area (Å²) in [5.74, 6) is 0.842. The van der Waals surface area contributed by atoms with Gasteiger partial charge in [-0.1, -0.05) is 23.8 Å². The van der Waals surface area contributed by atoms with Crippen LogP contribution >= 0.6 is 0 Å². The molecule has 0 atom stereocenters. The van der Waals surface area contributed by atoms with Gasteiger partial charge in [-0.3, -0.25) is 0 Å². The van der Waals surface area contributed by atoms with Crippen molar-refractivity contribution in [2.24, 2.45) is 7.05 Å². The second-order valence-electron chi connectivity index (χ2n) is 3.99. The van der Waals surface area contributed by atoms with Crippen molar-refractivity contribution in [3.8, 4) is 17.5 Å². The molecule has 0 amide bonds. The zero-order valence-electron chi connectivity index (χ0n) is 9.65. The minimum atomic E-state index is 0.456. The summed E-state index contributed by atoms with van der Waals surface area (Å²) in [6.45, 7) is 4.12. The molecule has 0 spiro atoms. The molecule has 0 saturated carbocycles. The van der Waals surface area contributed by atoms with Crippen LogP contribution in [0, 0.1) is 25.2 Å². The molecular formula is C13H13N3. The number of nitrogens with zero attached hydrogens (tertiary/aromatic N) is 3. The first kappa shape index (κ1) is 10.4. The van der Waals surface area contributed by atoms with Crippen LogP contribution in [0.4, 0.5) is 0 Å². The number of hydrogen-bond acceptors (Lipinski definition) is 2. The Morgan fingerprint density at radius 3 is 2.62 bits per heavy atom. The van der Waals surface area contributed by atoms with Gasteiger partial charge in [-0.05, 0) is 19.4 Å². The molecule has 80 valence electrons. The SMILES string of the molecule is Cc1ccc(-c2nc(C#N)cn2C)c(C)c1. The number of rotatable bonds is 1. The lowest BCUT2D eigenvalue weighted by Crippen LogP contribution is -1.93. The van der Waals surface area contributed by atoms with E-state index in [9.17, 15) is 0 Å². The Morgan fingerprint density at radius 2 is 2.06 bits per heavy atom. The first-order valence-electron chi connectivity index (χ1n) is 5.13. The van der Waals surface area contributed by atoms with Crippen LogP contribution in [0.3, 0.4) is 0 Å². The van der Waals surface area contributed by atoms with Gasteiger partial charge in [0.1, 0.15) is 11.9 Å². The van der Waals surface area contributed by atoms with Gasteiger partial charge in [0.15, 0.2) is 5.69 Å². The minimum absolute atomic E-state index is 0.456. The molecule has 3 heteroatoms. The predicted molar refractivity (Wildman–Crippen MR) is 62.8 cm³/mol. The van der Waals surface area contributed by atoms with E-state index in [2.05, 4.69) is 37.0 Å². The lowest BCUT2D eigenvalue weighted by atomic mass is 10.1. The van der Waals surface area contributed by atoms with Crippen molar-refractivity contribution in [1.82, 2.24) is 9.55 Å². The first-order valence-corrected chi connectivity index (χ1v) is 5.13. The number of hydrogen-bond donors (Lipinski definition) is 0. The van der Waals surface area contributed by atoms with E-state index in [1.165, 1.54) is 11.1 Å². The number of aryl methyl sites for hydroxylation is 3. The number of imidazole rings is 1. The van der Waals surface area contributed by atoms with Crippen molar-refractivity contribution in [1.29, 1.82) is 5.26 Å². The molecule has 1 heterocycles. The quantitative estimate of drug-likeness (QED) is 0.727. The fourth-order valence-electron chi connectivity index (χ4n) is 1.83. The molecule has 3 nitrogen and oxygen atoms in total. The van der Waals surface area contributed by atoms with Gasteiger partial charge in [0.05, 0.1) is 0 Å². The Kier molecular flexibility index (Phi) is 2.49. The summed E-state index contributed by atoms with van der Waals surface area (Å²) in [4.78, 5) is 4.29. The molecule has 1 aromatic carbocycles. The van der Waals surface area contributed by atoms with Crippen LogP contribution in [0.25, 0.3) is 11.4 Å². The lowest BCUT2D eigenvalue weighted by molar-refractivity contribution is 0.923. The van der Waals surface area contributed by atoms with Crippen LogP contribution in [0.15, 0.2) is 24.4 Å². The maximum atomic E-state index is 8.81. The summed E-state index contributed by atoms with van der Waals surface area (Å²) in [7, 11) is 1.91. The highest BCUT2D eigenvalue weighted by atomic mass is 15.0. The number of benzene rings is 1. The third-order valence-corrected chi connectivity index (χ3v) is 2.61. The predicted octanol–water partition coefficient (Wildman–Crippen LogP) is 2.58. The highest BCUT2D eigenvalue weighted by molar-refractivity contribution is 5.61. The van der Waals surface area contributed by atoms with Gasteiger partial charge in [-0.2, -0.15) is 5.26 Å². The summed E-state index contributed by atoms with van der Waals surface area (Å²) >= 11 is 0. The fraction of sp³-hybridized carbons (Fsp3) is 0.231. The molecule has 2 aromatic rings. The van der Waals surface area contributed by atoms with Gasteiger partial charge >= 0.3 is 0 Å². The molecule has 0 aliphatic rings. The van der Waals surface area contributed by atoms with Crippen LogP contribution < -0.4 is 0 Å². The van der Waals surface area contributed by atoms with Crippen LogP contribution in [0.1, 0.15) is 16.8 Å². The standard InChI is InChI=1S/C13H13N3/c1-9-4-5-12(10(2)6-9)13-15-11(7-14)8-16(13)3/h4-6,8H,1-3H3. The van der Waals surface area contributed by atoms with E-state index in [1.807, 2.05) is 17.7 Å². The Hall–Kier alpha value is -2.08. The Labute approximate surface area is 95.0 Å². The molecule has 0 radical (unpaired) electrons. The summed E-state index contributed by atoms with van der Waals surface area (Å²) in [6, 6.07) is 8.29. The normalized spacial score (nSPS) is 10.1. The topological polar surface area (TPSA) is 41.6 Å². The highest BCUT2D eigenvalue weighted by Gasteiger charge is 2.09. The molecule has 0 bridgehead atoms.